The number of aromatic nitrogens is 2. The number of halogens is 1. The van der Waals surface area contributed by atoms with Gasteiger partial charge < -0.3 is 19.4 Å². The summed E-state index contributed by atoms with van der Waals surface area (Å²) in [6.07, 6.45) is 1.76. The van der Waals surface area contributed by atoms with Crippen molar-refractivity contribution in [3.63, 3.8) is 0 Å². The van der Waals surface area contributed by atoms with E-state index in [-0.39, 0.29) is 18.3 Å². The van der Waals surface area contributed by atoms with Gasteiger partial charge in [-0.2, -0.15) is 0 Å². The van der Waals surface area contributed by atoms with Crippen molar-refractivity contribution < 1.29 is 18.7 Å². The Morgan fingerprint density at radius 3 is 2.61 bits per heavy atom. The molecule has 6 nitrogen and oxygen atoms in total. The number of methoxy groups -OCH3 is 1. The molecule has 1 aromatic heterocycles. The topological polar surface area (TPSA) is 65.4 Å². The third kappa shape index (κ3) is 5.68. The number of carbonyl (C=O) groups is 1. The average Bonchev–Trinajstić information content (AvgIpc) is 3.20. The summed E-state index contributed by atoms with van der Waals surface area (Å²) >= 11 is 0. The van der Waals surface area contributed by atoms with E-state index in [1.807, 2.05) is 48.5 Å². The number of aryl methyl sites for hydroxylation is 1. The van der Waals surface area contributed by atoms with Crippen LogP contribution >= 0.6 is 0 Å². The Morgan fingerprint density at radius 1 is 1.00 bits per heavy atom. The highest BCUT2D eigenvalue weighted by Crippen LogP contribution is 2.20. The summed E-state index contributed by atoms with van der Waals surface area (Å²) < 4.78 is 26.3. The van der Waals surface area contributed by atoms with Crippen LogP contribution in [0.15, 0.2) is 72.8 Å². The molecule has 1 heterocycles. The molecule has 0 unspecified atom stereocenters. The van der Waals surface area contributed by atoms with Gasteiger partial charge in [0.2, 0.25) is 0 Å². The minimum atomic E-state index is -0.372. The van der Waals surface area contributed by atoms with E-state index in [9.17, 15) is 9.18 Å². The zero-order chi connectivity index (χ0) is 23.0. The fourth-order valence-corrected chi connectivity index (χ4v) is 3.63. The lowest BCUT2D eigenvalue weighted by Crippen LogP contribution is -2.24. The van der Waals surface area contributed by atoms with E-state index in [1.165, 1.54) is 24.3 Å². The van der Waals surface area contributed by atoms with Crippen LogP contribution in [0.25, 0.3) is 11.0 Å². The van der Waals surface area contributed by atoms with Gasteiger partial charge in [0.15, 0.2) is 0 Å². The van der Waals surface area contributed by atoms with Crippen LogP contribution in [0.5, 0.6) is 11.5 Å². The summed E-state index contributed by atoms with van der Waals surface area (Å²) in [5.41, 5.74) is 2.32. The Hall–Kier alpha value is -3.87. The van der Waals surface area contributed by atoms with Gasteiger partial charge in [-0.25, -0.2) is 9.37 Å². The average molecular weight is 448 g/mol. The molecular weight excluding hydrogens is 421 g/mol. The van der Waals surface area contributed by atoms with Crippen LogP contribution in [-0.4, -0.2) is 29.2 Å². The van der Waals surface area contributed by atoms with Gasteiger partial charge in [-0.3, -0.25) is 4.79 Å². The Kier molecular flexibility index (Phi) is 7.19. The number of nitrogens with one attached hydrogen (secondary N) is 1. The van der Waals surface area contributed by atoms with Crippen molar-refractivity contribution in [2.45, 2.75) is 25.9 Å². The summed E-state index contributed by atoms with van der Waals surface area (Å²) in [4.78, 5) is 17.1. The molecule has 0 saturated heterocycles. The van der Waals surface area contributed by atoms with Gasteiger partial charge in [0.05, 0.1) is 31.3 Å². The van der Waals surface area contributed by atoms with Gasteiger partial charge in [-0.05, 0) is 61.4 Å². The number of unbranched alkanes of at least 4 members (excludes halogenated alkanes) is 1. The van der Waals surface area contributed by atoms with E-state index < -0.39 is 0 Å². The summed E-state index contributed by atoms with van der Waals surface area (Å²) in [6.45, 7) is 1.63. The first kappa shape index (κ1) is 22.3. The first-order valence-corrected chi connectivity index (χ1v) is 10.9. The Labute approximate surface area is 192 Å². The molecule has 33 heavy (non-hydrogen) atoms. The predicted octanol–water partition coefficient (Wildman–Crippen LogP) is 4.97. The molecule has 0 aliphatic carbocycles. The first-order chi connectivity index (χ1) is 16.1. The molecule has 0 fully saturated rings. The van der Waals surface area contributed by atoms with Crippen molar-refractivity contribution in [1.82, 2.24) is 14.9 Å². The van der Waals surface area contributed by atoms with E-state index in [0.29, 0.717) is 12.2 Å². The largest absolute Gasteiger partial charge is 0.497 e. The molecule has 0 saturated carbocycles. The number of amides is 1. The fourth-order valence-electron chi connectivity index (χ4n) is 3.63. The molecule has 0 spiro atoms. The number of para-hydroxylation sites is 2. The van der Waals surface area contributed by atoms with Crippen LogP contribution in [0.4, 0.5) is 4.39 Å². The van der Waals surface area contributed by atoms with Crippen molar-refractivity contribution in [3.05, 3.63) is 90.0 Å². The lowest BCUT2D eigenvalue weighted by atomic mass is 10.2. The maximum atomic E-state index is 13.1. The molecule has 1 N–H and O–H groups in total. The quantitative estimate of drug-likeness (QED) is 0.349. The molecule has 3 aromatic carbocycles. The van der Waals surface area contributed by atoms with Crippen molar-refractivity contribution in [1.29, 1.82) is 0 Å². The van der Waals surface area contributed by atoms with Gasteiger partial charge in [0, 0.05) is 18.2 Å². The lowest BCUT2D eigenvalue weighted by molar-refractivity contribution is 0.0949. The van der Waals surface area contributed by atoms with E-state index >= 15 is 0 Å². The third-order valence-corrected chi connectivity index (χ3v) is 5.33. The minimum absolute atomic E-state index is 0.264. The van der Waals surface area contributed by atoms with Gasteiger partial charge in [-0.1, -0.05) is 18.2 Å². The Morgan fingerprint density at radius 2 is 1.79 bits per heavy atom. The van der Waals surface area contributed by atoms with Crippen LogP contribution in [0, 0.1) is 5.82 Å². The monoisotopic (exact) mass is 447 g/mol. The number of rotatable bonds is 10. The smallest absolute Gasteiger partial charge is 0.251 e. The molecule has 7 heteroatoms. The predicted molar refractivity (Wildman–Crippen MR) is 125 cm³/mol. The van der Waals surface area contributed by atoms with Gasteiger partial charge in [0.25, 0.3) is 5.91 Å². The summed E-state index contributed by atoms with van der Waals surface area (Å²) in [6, 6.07) is 21.0. The fraction of sp³-hybridized carbons (Fsp3) is 0.231. The highest BCUT2D eigenvalue weighted by atomic mass is 19.1. The van der Waals surface area contributed by atoms with E-state index in [4.69, 9.17) is 14.5 Å². The maximum absolute atomic E-state index is 13.1. The van der Waals surface area contributed by atoms with E-state index in [0.717, 1.165) is 47.7 Å². The van der Waals surface area contributed by atoms with Gasteiger partial charge >= 0.3 is 0 Å². The highest BCUT2D eigenvalue weighted by molar-refractivity contribution is 5.94. The molecule has 0 bridgehead atoms. The second-order valence-electron chi connectivity index (χ2n) is 7.59. The SMILES string of the molecule is COc1cccc(OCCCCn2c(CNC(=O)c3ccc(F)cc3)nc3ccccc32)c1. The van der Waals surface area contributed by atoms with Crippen LogP contribution in [0.1, 0.15) is 29.0 Å². The molecule has 0 atom stereocenters. The lowest BCUT2D eigenvalue weighted by Gasteiger charge is -2.11. The van der Waals surface area contributed by atoms with Gasteiger partial charge in [0.1, 0.15) is 23.1 Å². The standard InChI is InChI=1S/C26H26FN3O3/c1-32-21-7-6-8-22(17-21)33-16-5-4-15-30-24-10-3-2-9-23(24)29-25(30)18-28-26(31)19-11-13-20(27)14-12-19/h2-3,6-14,17H,4-5,15-16,18H2,1H3,(H,28,31). The number of carbonyl (C=O) groups excluding carboxylic acids is 1. The zero-order valence-corrected chi connectivity index (χ0v) is 18.5. The van der Waals surface area contributed by atoms with Crippen LogP contribution in [-0.2, 0) is 13.1 Å². The van der Waals surface area contributed by atoms with Crippen LogP contribution < -0.4 is 14.8 Å². The highest BCUT2D eigenvalue weighted by Gasteiger charge is 2.12. The summed E-state index contributed by atoms with van der Waals surface area (Å²) in [5, 5.41) is 2.89. The number of hydrogen-bond donors (Lipinski definition) is 1. The Bertz CT molecular complexity index is 1220. The van der Waals surface area contributed by atoms with E-state index in [1.54, 1.807) is 7.11 Å². The summed E-state index contributed by atoms with van der Waals surface area (Å²) in [5.74, 6) is 1.70. The van der Waals surface area contributed by atoms with Crippen LogP contribution in [0.3, 0.4) is 0 Å². The third-order valence-electron chi connectivity index (χ3n) is 5.33. The number of hydrogen-bond acceptors (Lipinski definition) is 4. The zero-order valence-electron chi connectivity index (χ0n) is 18.5. The number of nitrogens with zero attached hydrogens (tertiary/aromatic N) is 2. The number of ether oxygens (including phenoxy) is 2. The normalized spacial score (nSPS) is 10.8. The van der Waals surface area contributed by atoms with E-state index in [2.05, 4.69) is 9.88 Å². The first-order valence-electron chi connectivity index (χ1n) is 10.9. The second-order valence-corrected chi connectivity index (χ2v) is 7.59. The number of benzene rings is 3. The molecule has 4 aromatic rings. The minimum Gasteiger partial charge on any atom is -0.497 e. The van der Waals surface area contributed by atoms with Crippen molar-refractivity contribution >= 4 is 16.9 Å². The van der Waals surface area contributed by atoms with Crippen molar-refractivity contribution in [2.75, 3.05) is 13.7 Å². The Balaban J connectivity index is 1.36. The molecule has 4 rings (SSSR count). The van der Waals surface area contributed by atoms with Crippen molar-refractivity contribution in [3.8, 4) is 11.5 Å². The molecule has 0 radical (unpaired) electrons. The number of fused-ring (bicyclic) bond motifs is 1. The number of imidazole rings is 1. The molecule has 1 amide bonds. The molecule has 0 aliphatic rings. The summed E-state index contributed by atoms with van der Waals surface area (Å²) in [7, 11) is 1.63. The van der Waals surface area contributed by atoms with Crippen molar-refractivity contribution in [2.24, 2.45) is 0 Å². The molecular formula is C26H26FN3O3. The van der Waals surface area contributed by atoms with Gasteiger partial charge in [-0.15, -0.1) is 0 Å². The second kappa shape index (κ2) is 10.6. The molecule has 170 valence electrons. The van der Waals surface area contributed by atoms with Crippen LogP contribution in [0.2, 0.25) is 0 Å². The molecule has 0 aliphatic heterocycles. The maximum Gasteiger partial charge on any atom is 0.251 e.